The predicted molar refractivity (Wildman–Crippen MR) is 93.0 cm³/mol. The Morgan fingerprint density at radius 3 is 2.83 bits per heavy atom. The fourth-order valence-corrected chi connectivity index (χ4v) is 3.35. The van der Waals surface area contributed by atoms with E-state index in [1.165, 1.54) is 5.56 Å². The second-order valence-corrected chi connectivity index (χ2v) is 6.22. The monoisotopic (exact) mass is 324 g/mol. The van der Waals surface area contributed by atoms with Gasteiger partial charge >= 0.3 is 0 Å². The maximum atomic E-state index is 12.5. The van der Waals surface area contributed by atoms with Gasteiger partial charge in [-0.1, -0.05) is 18.2 Å². The maximum Gasteiger partial charge on any atom is 0.243 e. The molecule has 1 amide bonds. The number of benzene rings is 2. The third-order valence-corrected chi connectivity index (χ3v) is 4.49. The van der Waals surface area contributed by atoms with Gasteiger partial charge in [0.15, 0.2) is 11.5 Å². The van der Waals surface area contributed by atoms with E-state index < -0.39 is 0 Å². The van der Waals surface area contributed by atoms with Gasteiger partial charge in [-0.25, -0.2) is 0 Å². The number of carbonyl (C=O) groups is 1. The number of hydrogen-bond acceptors (Lipinski definition) is 4. The van der Waals surface area contributed by atoms with Crippen molar-refractivity contribution in [2.75, 3.05) is 30.0 Å². The molecule has 0 aliphatic carbocycles. The number of hydrogen-bond donors (Lipinski definition) is 1. The second kappa shape index (κ2) is 6.07. The molecule has 0 bridgehead atoms. The van der Waals surface area contributed by atoms with Gasteiger partial charge in [0.25, 0.3) is 0 Å². The number of rotatable bonds is 3. The van der Waals surface area contributed by atoms with Crippen molar-refractivity contribution >= 4 is 17.3 Å². The van der Waals surface area contributed by atoms with Gasteiger partial charge in [0, 0.05) is 23.5 Å². The largest absolute Gasteiger partial charge is 0.486 e. The highest BCUT2D eigenvalue weighted by Gasteiger charge is 2.27. The first-order valence-electron chi connectivity index (χ1n) is 8.25. The van der Waals surface area contributed by atoms with Crippen molar-refractivity contribution in [1.82, 2.24) is 0 Å². The molecule has 0 radical (unpaired) electrons. The van der Waals surface area contributed by atoms with Gasteiger partial charge in [-0.15, -0.1) is 0 Å². The molecule has 0 saturated carbocycles. The average Bonchev–Trinajstić information content (AvgIpc) is 2.90. The van der Waals surface area contributed by atoms with E-state index in [0.29, 0.717) is 31.5 Å². The van der Waals surface area contributed by atoms with Crippen LogP contribution in [0.15, 0.2) is 42.5 Å². The van der Waals surface area contributed by atoms with Crippen LogP contribution in [0.1, 0.15) is 12.5 Å². The molecule has 0 spiro atoms. The minimum Gasteiger partial charge on any atom is -0.486 e. The maximum absolute atomic E-state index is 12.5. The lowest BCUT2D eigenvalue weighted by atomic mass is 10.1. The van der Waals surface area contributed by atoms with Crippen molar-refractivity contribution in [3.05, 3.63) is 48.0 Å². The highest BCUT2D eigenvalue weighted by atomic mass is 16.6. The minimum absolute atomic E-state index is 0.0322. The molecule has 1 atom stereocenters. The Hall–Kier alpha value is -2.69. The van der Waals surface area contributed by atoms with E-state index in [4.69, 9.17) is 9.47 Å². The van der Waals surface area contributed by atoms with E-state index in [-0.39, 0.29) is 5.91 Å². The standard InChI is InChI=1S/C19H20N2O3/c1-13-10-14-4-2-3-5-16(14)21(13)12-19(22)20-15-6-7-17-18(11-15)24-9-8-23-17/h2-7,11,13H,8-10,12H2,1H3,(H,20,22)/t13-/m0/s1. The van der Waals surface area contributed by atoms with E-state index in [1.807, 2.05) is 30.3 Å². The number of para-hydroxylation sites is 1. The van der Waals surface area contributed by atoms with Gasteiger partial charge in [0.1, 0.15) is 13.2 Å². The number of ether oxygens (including phenoxy) is 2. The van der Waals surface area contributed by atoms with Crippen LogP contribution >= 0.6 is 0 Å². The van der Waals surface area contributed by atoms with Crippen molar-refractivity contribution in [3.63, 3.8) is 0 Å². The number of amides is 1. The topological polar surface area (TPSA) is 50.8 Å². The summed E-state index contributed by atoms with van der Waals surface area (Å²) >= 11 is 0. The molecule has 2 aromatic carbocycles. The Morgan fingerprint density at radius 2 is 1.96 bits per heavy atom. The highest BCUT2D eigenvalue weighted by molar-refractivity contribution is 5.94. The Balaban J connectivity index is 1.46. The van der Waals surface area contributed by atoms with Crippen LogP contribution in [0, 0.1) is 0 Å². The van der Waals surface area contributed by atoms with Crippen LogP contribution in [-0.2, 0) is 11.2 Å². The summed E-state index contributed by atoms with van der Waals surface area (Å²) in [5.41, 5.74) is 3.18. The van der Waals surface area contributed by atoms with E-state index in [1.54, 1.807) is 0 Å². The predicted octanol–water partition coefficient (Wildman–Crippen LogP) is 2.85. The molecule has 24 heavy (non-hydrogen) atoms. The molecule has 2 aliphatic heterocycles. The first kappa shape index (κ1) is 14.9. The van der Waals surface area contributed by atoms with E-state index >= 15 is 0 Å². The molecule has 0 saturated heterocycles. The summed E-state index contributed by atoms with van der Waals surface area (Å²) in [6.45, 7) is 3.58. The van der Waals surface area contributed by atoms with Gasteiger partial charge < -0.3 is 19.7 Å². The molecule has 2 heterocycles. The van der Waals surface area contributed by atoms with E-state index in [0.717, 1.165) is 23.5 Å². The van der Waals surface area contributed by atoms with E-state index in [9.17, 15) is 4.79 Å². The van der Waals surface area contributed by atoms with Crippen LogP contribution in [0.25, 0.3) is 0 Å². The Kier molecular flexibility index (Phi) is 3.76. The van der Waals surface area contributed by atoms with Crippen molar-refractivity contribution in [1.29, 1.82) is 0 Å². The first-order valence-corrected chi connectivity index (χ1v) is 8.25. The third kappa shape index (κ3) is 2.77. The molecule has 0 fully saturated rings. The van der Waals surface area contributed by atoms with Crippen molar-refractivity contribution in [3.8, 4) is 11.5 Å². The normalized spacial score (nSPS) is 18.2. The molecular weight excluding hydrogens is 304 g/mol. The van der Waals surface area contributed by atoms with Gasteiger partial charge in [-0.05, 0) is 37.1 Å². The summed E-state index contributed by atoms with van der Waals surface area (Å²) in [5, 5.41) is 2.95. The summed E-state index contributed by atoms with van der Waals surface area (Å²) < 4.78 is 11.1. The lowest BCUT2D eigenvalue weighted by Gasteiger charge is -2.24. The SMILES string of the molecule is C[C@H]1Cc2ccccc2N1CC(=O)Nc1ccc2c(c1)OCCO2. The summed E-state index contributed by atoms with van der Waals surface area (Å²) in [7, 11) is 0. The summed E-state index contributed by atoms with van der Waals surface area (Å²) in [6.07, 6.45) is 0.980. The molecule has 4 rings (SSSR count). The van der Waals surface area contributed by atoms with Gasteiger partial charge in [0.05, 0.1) is 6.54 Å². The van der Waals surface area contributed by atoms with Crippen LogP contribution in [0.3, 0.4) is 0 Å². The number of fused-ring (bicyclic) bond motifs is 2. The molecule has 2 aromatic rings. The zero-order chi connectivity index (χ0) is 16.5. The van der Waals surface area contributed by atoms with Crippen LogP contribution in [0.4, 0.5) is 11.4 Å². The molecule has 124 valence electrons. The number of carbonyl (C=O) groups excluding carboxylic acids is 1. The molecule has 0 unspecified atom stereocenters. The molecule has 0 aromatic heterocycles. The lowest BCUT2D eigenvalue weighted by molar-refractivity contribution is -0.115. The zero-order valence-corrected chi connectivity index (χ0v) is 13.6. The number of nitrogens with zero attached hydrogens (tertiary/aromatic N) is 1. The average molecular weight is 324 g/mol. The fraction of sp³-hybridized carbons (Fsp3) is 0.316. The van der Waals surface area contributed by atoms with Crippen LogP contribution < -0.4 is 19.7 Å². The van der Waals surface area contributed by atoms with Crippen molar-refractivity contribution in [2.45, 2.75) is 19.4 Å². The lowest BCUT2D eigenvalue weighted by Crippen LogP contribution is -2.37. The molecule has 5 nitrogen and oxygen atoms in total. The quantitative estimate of drug-likeness (QED) is 0.943. The number of nitrogens with one attached hydrogen (secondary N) is 1. The van der Waals surface area contributed by atoms with Crippen LogP contribution in [-0.4, -0.2) is 31.7 Å². The smallest absolute Gasteiger partial charge is 0.243 e. The second-order valence-electron chi connectivity index (χ2n) is 6.22. The summed E-state index contributed by atoms with van der Waals surface area (Å²) in [6, 6.07) is 14.1. The van der Waals surface area contributed by atoms with Crippen LogP contribution in [0.2, 0.25) is 0 Å². The van der Waals surface area contributed by atoms with Crippen molar-refractivity contribution in [2.24, 2.45) is 0 Å². The zero-order valence-electron chi connectivity index (χ0n) is 13.6. The Morgan fingerprint density at radius 1 is 1.17 bits per heavy atom. The number of anilines is 2. The third-order valence-electron chi connectivity index (χ3n) is 4.49. The molecule has 1 N–H and O–H groups in total. The van der Waals surface area contributed by atoms with Gasteiger partial charge in [0.2, 0.25) is 5.91 Å². The minimum atomic E-state index is -0.0322. The van der Waals surface area contributed by atoms with Gasteiger partial charge in [-0.3, -0.25) is 4.79 Å². The fourth-order valence-electron chi connectivity index (χ4n) is 3.35. The van der Waals surface area contributed by atoms with Crippen molar-refractivity contribution < 1.29 is 14.3 Å². The first-order chi connectivity index (χ1) is 11.7. The highest BCUT2D eigenvalue weighted by Crippen LogP contribution is 2.33. The molecule has 5 heteroatoms. The Bertz CT molecular complexity index is 775. The molecule has 2 aliphatic rings. The van der Waals surface area contributed by atoms with Crippen LogP contribution in [0.5, 0.6) is 11.5 Å². The Labute approximate surface area is 141 Å². The summed E-state index contributed by atoms with van der Waals surface area (Å²) in [4.78, 5) is 14.6. The summed E-state index contributed by atoms with van der Waals surface area (Å²) in [5.74, 6) is 1.37. The molecular formula is C19H20N2O3. The van der Waals surface area contributed by atoms with Gasteiger partial charge in [-0.2, -0.15) is 0 Å². The van der Waals surface area contributed by atoms with E-state index in [2.05, 4.69) is 29.3 Å².